The van der Waals surface area contributed by atoms with Gasteiger partial charge in [-0.15, -0.1) is 0 Å². The zero-order valence-electron chi connectivity index (χ0n) is 14.6. The number of thioether (sulfide) groups is 1. The van der Waals surface area contributed by atoms with Crippen LogP contribution in [0, 0.1) is 0 Å². The van der Waals surface area contributed by atoms with Gasteiger partial charge in [0.15, 0.2) is 10.2 Å². The number of methoxy groups -OCH3 is 1. The van der Waals surface area contributed by atoms with Crippen LogP contribution in [-0.2, 0) is 16.1 Å². The number of carbonyl (C=O) groups is 2. The maximum atomic E-state index is 12.8. The molecule has 2 heterocycles. The van der Waals surface area contributed by atoms with E-state index in [1.807, 2.05) is 6.07 Å². The minimum atomic E-state index is -0.215. The van der Waals surface area contributed by atoms with Gasteiger partial charge in [0.2, 0.25) is 5.91 Å². The number of rotatable bonds is 6. The fraction of sp³-hybridized carbons (Fsp3) is 0.222. The lowest BCUT2D eigenvalue weighted by molar-refractivity contribution is -0.116. The van der Waals surface area contributed by atoms with Crippen LogP contribution in [0.3, 0.4) is 0 Å². The summed E-state index contributed by atoms with van der Waals surface area (Å²) in [5.74, 6) is 0.410. The van der Waals surface area contributed by atoms with E-state index < -0.39 is 0 Å². The van der Waals surface area contributed by atoms with Crippen LogP contribution in [0.1, 0.15) is 12.5 Å². The number of aromatic nitrogens is 2. The molecule has 0 aliphatic rings. The first-order valence-electron chi connectivity index (χ1n) is 7.95. The molecular formula is C18H16ClN3O3S2. The average molecular weight is 422 g/mol. The summed E-state index contributed by atoms with van der Waals surface area (Å²) >= 11 is 8.58. The Morgan fingerprint density at radius 2 is 2.15 bits per heavy atom. The molecule has 0 atom stereocenters. The Morgan fingerprint density at radius 1 is 1.33 bits per heavy atom. The Morgan fingerprint density at radius 3 is 2.81 bits per heavy atom. The zero-order chi connectivity index (χ0) is 19.4. The van der Waals surface area contributed by atoms with Gasteiger partial charge in [-0.2, -0.15) is 0 Å². The summed E-state index contributed by atoms with van der Waals surface area (Å²) in [6.45, 7) is 1.73. The molecule has 27 heavy (non-hydrogen) atoms. The van der Waals surface area contributed by atoms with Crippen molar-refractivity contribution in [2.75, 3.05) is 17.8 Å². The number of anilines is 1. The number of fused-ring (bicyclic) bond motifs is 1. The third kappa shape index (κ3) is 4.58. The summed E-state index contributed by atoms with van der Waals surface area (Å²) < 4.78 is 6.10. The molecule has 6 nitrogen and oxygen atoms in total. The molecular weight excluding hydrogens is 406 g/mol. The first kappa shape index (κ1) is 19.6. The molecule has 0 spiro atoms. The molecule has 0 N–H and O–H groups in total. The number of benzene rings is 1. The van der Waals surface area contributed by atoms with Gasteiger partial charge in [0, 0.05) is 19.3 Å². The van der Waals surface area contributed by atoms with Gasteiger partial charge in [-0.3, -0.25) is 19.5 Å². The van der Waals surface area contributed by atoms with Crippen molar-refractivity contribution in [3.63, 3.8) is 0 Å². The molecule has 1 amide bonds. The van der Waals surface area contributed by atoms with Crippen molar-refractivity contribution in [1.29, 1.82) is 0 Å². The van der Waals surface area contributed by atoms with Gasteiger partial charge >= 0.3 is 0 Å². The molecule has 0 aliphatic carbocycles. The molecule has 3 rings (SSSR count). The SMILES string of the molecule is COc1ccc(Cl)c2sc(N(Cc3cccnc3)C(=O)CSC(C)=O)nc12. The van der Waals surface area contributed by atoms with Crippen LogP contribution in [0.2, 0.25) is 5.02 Å². The highest BCUT2D eigenvalue weighted by Crippen LogP contribution is 2.39. The largest absolute Gasteiger partial charge is 0.494 e. The van der Waals surface area contributed by atoms with Crippen LogP contribution in [0.4, 0.5) is 5.13 Å². The monoisotopic (exact) mass is 421 g/mol. The minimum Gasteiger partial charge on any atom is -0.494 e. The summed E-state index contributed by atoms with van der Waals surface area (Å²) in [4.78, 5) is 34.3. The van der Waals surface area contributed by atoms with Crippen LogP contribution in [-0.4, -0.2) is 33.9 Å². The summed E-state index contributed by atoms with van der Waals surface area (Å²) in [6.07, 6.45) is 3.36. The Bertz CT molecular complexity index is 979. The number of amides is 1. The van der Waals surface area contributed by atoms with Crippen LogP contribution in [0.15, 0.2) is 36.7 Å². The maximum Gasteiger partial charge on any atom is 0.239 e. The summed E-state index contributed by atoms with van der Waals surface area (Å²) in [6, 6.07) is 7.17. The molecule has 3 aromatic rings. The summed E-state index contributed by atoms with van der Waals surface area (Å²) in [7, 11) is 1.56. The van der Waals surface area contributed by atoms with E-state index in [1.54, 1.807) is 42.6 Å². The number of halogens is 1. The van der Waals surface area contributed by atoms with Gasteiger partial charge < -0.3 is 4.74 Å². The Balaban J connectivity index is 2.01. The lowest BCUT2D eigenvalue weighted by Crippen LogP contribution is -2.32. The Labute approximate surface area is 169 Å². The van der Waals surface area contributed by atoms with Crippen LogP contribution >= 0.6 is 34.7 Å². The lowest BCUT2D eigenvalue weighted by Gasteiger charge is -2.19. The fourth-order valence-electron chi connectivity index (χ4n) is 2.40. The number of pyridine rings is 1. The first-order valence-corrected chi connectivity index (χ1v) is 10.1. The van der Waals surface area contributed by atoms with E-state index in [1.165, 1.54) is 18.3 Å². The van der Waals surface area contributed by atoms with Crippen molar-refractivity contribution in [2.24, 2.45) is 0 Å². The van der Waals surface area contributed by atoms with E-state index in [2.05, 4.69) is 9.97 Å². The third-order valence-corrected chi connectivity index (χ3v) is 6.00. The van der Waals surface area contributed by atoms with E-state index in [0.717, 1.165) is 22.0 Å². The van der Waals surface area contributed by atoms with E-state index >= 15 is 0 Å². The van der Waals surface area contributed by atoms with Crippen molar-refractivity contribution in [2.45, 2.75) is 13.5 Å². The molecule has 0 aliphatic heterocycles. The highest BCUT2D eigenvalue weighted by Gasteiger charge is 2.22. The topological polar surface area (TPSA) is 72.4 Å². The van der Waals surface area contributed by atoms with Crippen LogP contribution < -0.4 is 9.64 Å². The number of hydrogen-bond acceptors (Lipinski definition) is 7. The van der Waals surface area contributed by atoms with Crippen LogP contribution in [0.25, 0.3) is 10.2 Å². The molecule has 0 bridgehead atoms. The smallest absolute Gasteiger partial charge is 0.239 e. The number of carbonyl (C=O) groups excluding carboxylic acids is 2. The molecule has 0 fully saturated rings. The molecule has 140 valence electrons. The molecule has 0 saturated heterocycles. The second kappa shape index (κ2) is 8.69. The minimum absolute atomic E-state index is 0.0381. The van der Waals surface area contributed by atoms with Crippen LogP contribution in [0.5, 0.6) is 5.75 Å². The maximum absolute atomic E-state index is 12.8. The molecule has 9 heteroatoms. The van der Waals surface area contributed by atoms with Crippen molar-refractivity contribution in [3.8, 4) is 5.75 Å². The quantitative estimate of drug-likeness (QED) is 0.594. The molecule has 0 saturated carbocycles. The van der Waals surface area contributed by atoms with Gasteiger partial charge in [0.05, 0.1) is 29.1 Å². The molecule has 2 aromatic heterocycles. The molecule has 0 radical (unpaired) electrons. The predicted molar refractivity (Wildman–Crippen MR) is 110 cm³/mol. The highest BCUT2D eigenvalue weighted by molar-refractivity contribution is 8.14. The van der Waals surface area contributed by atoms with E-state index in [0.29, 0.717) is 28.0 Å². The fourth-order valence-corrected chi connectivity index (χ4v) is 4.15. The van der Waals surface area contributed by atoms with Crippen molar-refractivity contribution < 1.29 is 14.3 Å². The lowest BCUT2D eigenvalue weighted by atomic mass is 10.2. The normalized spacial score (nSPS) is 10.8. The van der Waals surface area contributed by atoms with Gasteiger partial charge in [0.25, 0.3) is 0 Å². The van der Waals surface area contributed by atoms with E-state index in [4.69, 9.17) is 16.3 Å². The number of ether oxygens (including phenoxy) is 1. The van der Waals surface area contributed by atoms with Crippen molar-refractivity contribution in [1.82, 2.24) is 9.97 Å². The van der Waals surface area contributed by atoms with Gasteiger partial charge in [0.1, 0.15) is 11.3 Å². The molecule has 0 unspecified atom stereocenters. The van der Waals surface area contributed by atoms with E-state index in [-0.39, 0.29) is 16.8 Å². The second-order valence-electron chi connectivity index (χ2n) is 5.55. The summed E-state index contributed by atoms with van der Waals surface area (Å²) in [5, 5.41) is 0.925. The highest BCUT2D eigenvalue weighted by atomic mass is 35.5. The second-order valence-corrected chi connectivity index (χ2v) is 8.08. The zero-order valence-corrected chi connectivity index (χ0v) is 17.0. The van der Waals surface area contributed by atoms with E-state index in [9.17, 15) is 9.59 Å². The van der Waals surface area contributed by atoms with Crippen molar-refractivity contribution in [3.05, 3.63) is 47.2 Å². The number of thiazole rings is 1. The summed E-state index contributed by atoms with van der Waals surface area (Å²) in [5.41, 5.74) is 1.46. The standard InChI is InChI=1S/C18H16ClN3O3S2/c1-11(23)26-10-15(24)22(9-12-4-3-7-20-8-12)18-21-16-14(25-2)6-5-13(19)17(16)27-18/h3-8H,9-10H2,1-2H3. The average Bonchev–Trinajstić information content (AvgIpc) is 3.11. The number of nitrogens with zero attached hydrogens (tertiary/aromatic N) is 3. The van der Waals surface area contributed by atoms with Gasteiger partial charge in [-0.05, 0) is 23.8 Å². The van der Waals surface area contributed by atoms with Crippen molar-refractivity contribution >= 4 is 61.1 Å². The Kier molecular flexibility index (Phi) is 6.30. The Hall–Kier alpha value is -2.16. The predicted octanol–water partition coefficient (Wildman–Crippen LogP) is 4.17. The third-order valence-electron chi connectivity index (χ3n) is 3.66. The van der Waals surface area contributed by atoms with Gasteiger partial charge in [-0.25, -0.2) is 4.98 Å². The first-order chi connectivity index (χ1) is 13.0. The number of hydrogen-bond donors (Lipinski definition) is 0. The molecule has 1 aromatic carbocycles. The van der Waals surface area contributed by atoms with Gasteiger partial charge in [-0.1, -0.05) is 40.8 Å².